The first kappa shape index (κ1) is 14.4. The molecule has 1 aliphatic rings. The van der Waals surface area contributed by atoms with Gasteiger partial charge in [0.1, 0.15) is 11.6 Å². The highest BCUT2D eigenvalue weighted by molar-refractivity contribution is 5.19. The van der Waals surface area contributed by atoms with Crippen molar-refractivity contribution in [3.8, 4) is 0 Å². The van der Waals surface area contributed by atoms with Gasteiger partial charge in [0.05, 0.1) is 0 Å². The maximum atomic E-state index is 13.2. The molecule has 0 aliphatic heterocycles. The number of benzene rings is 1. The lowest BCUT2D eigenvalue weighted by Gasteiger charge is -2.25. The highest BCUT2D eigenvalue weighted by Crippen LogP contribution is 2.38. The third-order valence-electron chi connectivity index (χ3n) is 4.03. The molecule has 0 spiro atoms. The quantitative estimate of drug-likeness (QED) is 0.789. The second-order valence-electron chi connectivity index (χ2n) is 5.74. The number of rotatable bonds is 7. The molecule has 3 heteroatoms. The van der Waals surface area contributed by atoms with E-state index >= 15 is 0 Å². The van der Waals surface area contributed by atoms with Crippen molar-refractivity contribution in [1.82, 2.24) is 5.32 Å². The zero-order valence-electron chi connectivity index (χ0n) is 11.8. The van der Waals surface area contributed by atoms with Gasteiger partial charge in [0.15, 0.2) is 0 Å². The summed E-state index contributed by atoms with van der Waals surface area (Å²) in [4.78, 5) is 0. The topological polar surface area (TPSA) is 12.0 Å². The van der Waals surface area contributed by atoms with Crippen molar-refractivity contribution in [2.45, 2.75) is 45.6 Å². The average Bonchev–Trinajstić information content (AvgIpc) is 3.16. The minimum absolute atomic E-state index is 0.314. The van der Waals surface area contributed by atoms with Gasteiger partial charge in [-0.25, -0.2) is 8.78 Å². The summed E-state index contributed by atoms with van der Waals surface area (Å²) in [6.07, 6.45) is 4.36. The molecule has 1 aromatic carbocycles. The summed E-state index contributed by atoms with van der Waals surface area (Å²) < 4.78 is 26.5. The van der Waals surface area contributed by atoms with E-state index in [0.29, 0.717) is 18.4 Å². The van der Waals surface area contributed by atoms with E-state index in [0.717, 1.165) is 30.5 Å². The van der Waals surface area contributed by atoms with E-state index in [1.54, 1.807) is 0 Å². The molecule has 2 rings (SSSR count). The predicted octanol–water partition coefficient (Wildman–Crippen LogP) is 3.92. The lowest BCUT2D eigenvalue weighted by molar-refractivity contribution is 0.339. The zero-order valence-corrected chi connectivity index (χ0v) is 11.8. The van der Waals surface area contributed by atoms with E-state index in [1.165, 1.54) is 25.0 Å². The van der Waals surface area contributed by atoms with Gasteiger partial charge in [-0.1, -0.05) is 13.8 Å². The molecule has 0 bridgehead atoms. The smallest absolute Gasteiger partial charge is 0.126 e. The van der Waals surface area contributed by atoms with Crippen molar-refractivity contribution in [2.24, 2.45) is 11.8 Å². The molecule has 1 nitrogen and oxygen atoms in total. The largest absolute Gasteiger partial charge is 0.313 e. The van der Waals surface area contributed by atoms with Crippen LogP contribution >= 0.6 is 0 Å². The van der Waals surface area contributed by atoms with Crippen LogP contribution in [0.4, 0.5) is 8.78 Å². The minimum atomic E-state index is -0.483. The Hall–Kier alpha value is -0.960. The fourth-order valence-electron chi connectivity index (χ4n) is 2.71. The lowest BCUT2D eigenvalue weighted by Crippen LogP contribution is -2.38. The first-order chi connectivity index (χ1) is 9.10. The minimum Gasteiger partial charge on any atom is -0.313 e. The van der Waals surface area contributed by atoms with E-state index < -0.39 is 11.6 Å². The molecule has 0 radical (unpaired) electrons. The standard InChI is InChI=1S/C16H23F2N/c1-3-6-19-16(11(2)13-4-5-13)9-12-7-14(17)10-15(18)8-12/h7-8,10-11,13,16,19H,3-6,9H2,1-2H3. The van der Waals surface area contributed by atoms with Gasteiger partial charge in [-0.2, -0.15) is 0 Å². The predicted molar refractivity (Wildman–Crippen MR) is 74.0 cm³/mol. The number of hydrogen-bond donors (Lipinski definition) is 1. The Balaban J connectivity index is 2.04. The van der Waals surface area contributed by atoms with Crippen LogP contribution in [0.1, 0.15) is 38.7 Å². The molecule has 106 valence electrons. The Morgan fingerprint density at radius 3 is 2.37 bits per heavy atom. The molecule has 1 N–H and O–H groups in total. The van der Waals surface area contributed by atoms with Crippen molar-refractivity contribution in [3.63, 3.8) is 0 Å². The van der Waals surface area contributed by atoms with Crippen LogP contribution in [0, 0.1) is 23.5 Å². The first-order valence-electron chi connectivity index (χ1n) is 7.28. The highest BCUT2D eigenvalue weighted by Gasteiger charge is 2.33. The van der Waals surface area contributed by atoms with Gasteiger partial charge in [-0.3, -0.25) is 0 Å². The summed E-state index contributed by atoms with van der Waals surface area (Å²) >= 11 is 0. The Kier molecular flexibility index (Phi) is 4.92. The maximum absolute atomic E-state index is 13.2. The van der Waals surface area contributed by atoms with Gasteiger partial charge < -0.3 is 5.32 Å². The average molecular weight is 267 g/mol. The Bertz CT molecular complexity index is 395. The molecular weight excluding hydrogens is 244 g/mol. The van der Waals surface area contributed by atoms with E-state index in [2.05, 4.69) is 19.2 Å². The Morgan fingerprint density at radius 1 is 1.21 bits per heavy atom. The molecule has 1 saturated carbocycles. The summed E-state index contributed by atoms with van der Waals surface area (Å²) in [7, 11) is 0. The summed E-state index contributed by atoms with van der Waals surface area (Å²) in [6.45, 7) is 5.34. The molecule has 2 unspecified atom stereocenters. The molecule has 2 atom stereocenters. The summed E-state index contributed by atoms with van der Waals surface area (Å²) in [5, 5.41) is 3.53. The van der Waals surface area contributed by atoms with E-state index in [4.69, 9.17) is 0 Å². The Morgan fingerprint density at radius 2 is 1.84 bits per heavy atom. The molecule has 1 fully saturated rings. The van der Waals surface area contributed by atoms with Crippen molar-refractivity contribution in [2.75, 3.05) is 6.54 Å². The molecular formula is C16H23F2N. The maximum Gasteiger partial charge on any atom is 0.126 e. The second-order valence-corrected chi connectivity index (χ2v) is 5.74. The van der Waals surface area contributed by atoms with Crippen molar-refractivity contribution in [3.05, 3.63) is 35.4 Å². The van der Waals surface area contributed by atoms with Gasteiger partial charge in [0.25, 0.3) is 0 Å². The zero-order chi connectivity index (χ0) is 13.8. The monoisotopic (exact) mass is 267 g/mol. The van der Waals surface area contributed by atoms with E-state index in [1.807, 2.05) is 0 Å². The highest BCUT2D eigenvalue weighted by atomic mass is 19.1. The van der Waals surface area contributed by atoms with Crippen LogP contribution in [-0.2, 0) is 6.42 Å². The van der Waals surface area contributed by atoms with Crippen LogP contribution in [0.15, 0.2) is 18.2 Å². The van der Waals surface area contributed by atoms with Crippen LogP contribution in [0.2, 0.25) is 0 Å². The lowest BCUT2D eigenvalue weighted by atomic mass is 9.91. The summed E-state index contributed by atoms with van der Waals surface area (Å²) in [5.74, 6) is 0.386. The van der Waals surface area contributed by atoms with E-state index in [-0.39, 0.29) is 0 Å². The van der Waals surface area contributed by atoms with Gasteiger partial charge >= 0.3 is 0 Å². The molecule has 0 heterocycles. The van der Waals surface area contributed by atoms with Crippen LogP contribution in [0.25, 0.3) is 0 Å². The molecule has 19 heavy (non-hydrogen) atoms. The Labute approximate surface area is 114 Å². The SMILES string of the molecule is CCCNC(Cc1cc(F)cc(F)c1)C(C)C1CC1. The van der Waals surface area contributed by atoms with Crippen LogP contribution < -0.4 is 5.32 Å². The van der Waals surface area contributed by atoms with Crippen molar-refractivity contribution >= 4 is 0 Å². The molecule has 0 aromatic heterocycles. The third kappa shape index (κ3) is 4.27. The molecule has 1 aliphatic carbocycles. The van der Waals surface area contributed by atoms with Gasteiger partial charge in [-0.15, -0.1) is 0 Å². The van der Waals surface area contributed by atoms with Crippen LogP contribution in [0.5, 0.6) is 0 Å². The summed E-state index contributed by atoms with van der Waals surface area (Å²) in [6, 6.07) is 4.14. The number of halogens is 2. The molecule has 0 saturated heterocycles. The normalized spacial score (nSPS) is 18.3. The van der Waals surface area contributed by atoms with Crippen LogP contribution in [0.3, 0.4) is 0 Å². The number of hydrogen-bond acceptors (Lipinski definition) is 1. The molecule has 0 amide bonds. The fourth-order valence-corrected chi connectivity index (χ4v) is 2.71. The number of nitrogens with one attached hydrogen (secondary N) is 1. The van der Waals surface area contributed by atoms with Gasteiger partial charge in [-0.05, 0) is 61.8 Å². The van der Waals surface area contributed by atoms with Crippen molar-refractivity contribution < 1.29 is 8.78 Å². The third-order valence-corrected chi connectivity index (χ3v) is 4.03. The van der Waals surface area contributed by atoms with E-state index in [9.17, 15) is 8.78 Å². The van der Waals surface area contributed by atoms with Crippen LogP contribution in [-0.4, -0.2) is 12.6 Å². The summed E-state index contributed by atoms with van der Waals surface area (Å²) in [5.41, 5.74) is 0.749. The first-order valence-corrected chi connectivity index (χ1v) is 7.28. The second kappa shape index (κ2) is 6.47. The molecule has 1 aromatic rings. The van der Waals surface area contributed by atoms with Crippen molar-refractivity contribution in [1.29, 1.82) is 0 Å². The van der Waals surface area contributed by atoms with Gasteiger partial charge in [0.2, 0.25) is 0 Å². The fraction of sp³-hybridized carbons (Fsp3) is 0.625. The van der Waals surface area contributed by atoms with Gasteiger partial charge in [0, 0.05) is 12.1 Å².